The summed E-state index contributed by atoms with van der Waals surface area (Å²) in [5.41, 5.74) is 0. The Labute approximate surface area is 94.5 Å². The molecule has 0 spiro atoms. The predicted molar refractivity (Wildman–Crippen MR) is 65.7 cm³/mol. The van der Waals surface area contributed by atoms with Gasteiger partial charge in [-0.1, -0.05) is 42.2 Å². The minimum atomic E-state index is 1.02. The van der Waals surface area contributed by atoms with Crippen molar-refractivity contribution in [1.82, 2.24) is 4.90 Å². The molecule has 2 rings (SSSR count). The Morgan fingerprint density at radius 1 is 1.14 bits per heavy atom. The van der Waals surface area contributed by atoms with Crippen molar-refractivity contribution in [2.24, 2.45) is 0 Å². The molecule has 3 heteroatoms. The molecule has 1 aromatic rings. The molecule has 1 saturated heterocycles. The van der Waals surface area contributed by atoms with Crippen LogP contribution in [0.15, 0.2) is 35.2 Å². The topological polar surface area (TPSA) is 3.24 Å². The van der Waals surface area contributed by atoms with E-state index in [0.29, 0.717) is 0 Å². The first kappa shape index (κ1) is 9.99. The van der Waals surface area contributed by atoms with Gasteiger partial charge in [0.2, 0.25) is 0 Å². The molecule has 0 N–H and O–H groups in total. The Morgan fingerprint density at radius 2 is 1.79 bits per heavy atom. The maximum atomic E-state index is 5.38. The summed E-state index contributed by atoms with van der Waals surface area (Å²) in [5.74, 6) is 0. The number of thiocarbonyl (C=S) groups is 1. The van der Waals surface area contributed by atoms with Crippen molar-refractivity contribution in [2.75, 3.05) is 13.1 Å². The van der Waals surface area contributed by atoms with Crippen LogP contribution in [0.2, 0.25) is 0 Å². The van der Waals surface area contributed by atoms with Crippen molar-refractivity contribution in [3.05, 3.63) is 30.3 Å². The first-order chi connectivity index (χ1) is 6.86. The summed E-state index contributed by atoms with van der Waals surface area (Å²) in [6.45, 7) is 2.28. The molecule has 0 amide bonds. The summed E-state index contributed by atoms with van der Waals surface area (Å²) in [5, 5.41) is 0. The van der Waals surface area contributed by atoms with Crippen LogP contribution in [0.1, 0.15) is 12.8 Å². The molecule has 0 saturated carbocycles. The molecule has 1 aliphatic heterocycles. The fourth-order valence-corrected chi connectivity index (χ4v) is 2.83. The lowest BCUT2D eigenvalue weighted by atomic mass is 10.4. The van der Waals surface area contributed by atoms with Crippen molar-refractivity contribution in [1.29, 1.82) is 0 Å². The number of nitrogens with zero attached hydrogens (tertiary/aromatic N) is 1. The zero-order valence-corrected chi connectivity index (χ0v) is 9.61. The van der Waals surface area contributed by atoms with E-state index in [4.69, 9.17) is 12.2 Å². The van der Waals surface area contributed by atoms with Crippen LogP contribution >= 0.6 is 24.0 Å². The van der Waals surface area contributed by atoms with Gasteiger partial charge in [0.05, 0.1) is 0 Å². The van der Waals surface area contributed by atoms with Gasteiger partial charge in [-0.3, -0.25) is 0 Å². The smallest absolute Gasteiger partial charge is 0.141 e. The second-order valence-corrected chi connectivity index (χ2v) is 5.08. The van der Waals surface area contributed by atoms with Crippen LogP contribution in [0.25, 0.3) is 0 Å². The van der Waals surface area contributed by atoms with Crippen LogP contribution in [0.4, 0.5) is 0 Å². The first-order valence-electron chi connectivity index (χ1n) is 4.88. The number of hydrogen-bond acceptors (Lipinski definition) is 2. The highest BCUT2D eigenvalue weighted by Crippen LogP contribution is 2.23. The van der Waals surface area contributed by atoms with Gasteiger partial charge in [-0.2, -0.15) is 0 Å². The van der Waals surface area contributed by atoms with Crippen LogP contribution in [-0.2, 0) is 0 Å². The number of benzene rings is 1. The molecule has 14 heavy (non-hydrogen) atoms. The van der Waals surface area contributed by atoms with Gasteiger partial charge in [0.1, 0.15) is 4.32 Å². The van der Waals surface area contributed by atoms with Gasteiger partial charge in [0, 0.05) is 18.0 Å². The van der Waals surface area contributed by atoms with Crippen LogP contribution in [0.5, 0.6) is 0 Å². The maximum Gasteiger partial charge on any atom is 0.141 e. The molecule has 0 aliphatic carbocycles. The summed E-state index contributed by atoms with van der Waals surface area (Å²) < 4.78 is 1.02. The van der Waals surface area contributed by atoms with Gasteiger partial charge in [-0.25, -0.2) is 0 Å². The Hall–Kier alpha value is -0.540. The molecule has 1 aromatic carbocycles. The Kier molecular flexibility index (Phi) is 3.43. The van der Waals surface area contributed by atoms with Crippen LogP contribution in [-0.4, -0.2) is 22.3 Å². The minimum absolute atomic E-state index is 1.02. The lowest BCUT2D eigenvalue weighted by Crippen LogP contribution is -2.22. The summed E-state index contributed by atoms with van der Waals surface area (Å²) in [6, 6.07) is 10.3. The summed E-state index contributed by atoms with van der Waals surface area (Å²) in [4.78, 5) is 3.54. The van der Waals surface area contributed by atoms with Gasteiger partial charge in [0.25, 0.3) is 0 Å². The van der Waals surface area contributed by atoms with Gasteiger partial charge in [0.15, 0.2) is 0 Å². The normalized spacial score (nSPS) is 15.9. The van der Waals surface area contributed by atoms with E-state index in [2.05, 4.69) is 29.2 Å². The molecule has 1 nitrogen and oxygen atoms in total. The molecule has 0 unspecified atom stereocenters. The molecule has 0 aromatic heterocycles. The highest BCUT2D eigenvalue weighted by atomic mass is 32.2. The third-order valence-corrected chi connectivity index (χ3v) is 3.76. The van der Waals surface area contributed by atoms with E-state index >= 15 is 0 Å². The number of likely N-dealkylation sites (tertiary alicyclic amines) is 1. The second kappa shape index (κ2) is 4.80. The van der Waals surface area contributed by atoms with Crippen molar-refractivity contribution >= 4 is 28.3 Å². The van der Waals surface area contributed by atoms with Crippen molar-refractivity contribution in [3.8, 4) is 0 Å². The van der Waals surface area contributed by atoms with Crippen molar-refractivity contribution in [3.63, 3.8) is 0 Å². The lowest BCUT2D eigenvalue weighted by molar-refractivity contribution is 0.539. The number of rotatable bonds is 1. The van der Waals surface area contributed by atoms with Crippen LogP contribution in [0.3, 0.4) is 0 Å². The highest BCUT2D eigenvalue weighted by Gasteiger charge is 2.15. The highest BCUT2D eigenvalue weighted by molar-refractivity contribution is 8.22. The lowest BCUT2D eigenvalue weighted by Gasteiger charge is -2.17. The Morgan fingerprint density at radius 3 is 2.43 bits per heavy atom. The van der Waals surface area contributed by atoms with E-state index in [1.54, 1.807) is 11.8 Å². The summed E-state index contributed by atoms with van der Waals surface area (Å²) in [6.07, 6.45) is 2.57. The van der Waals surface area contributed by atoms with E-state index < -0.39 is 0 Å². The van der Waals surface area contributed by atoms with Crippen LogP contribution < -0.4 is 0 Å². The molecular weight excluding hydrogens is 210 g/mol. The maximum absolute atomic E-state index is 5.38. The first-order valence-corrected chi connectivity index (χ1v) is 6.10. The fourth-order valence-electron chi connectivity index (χ4n) is 1.55. The Bertz CT molecular complexity index is 304. The average Bonchev–Trinajstić information content (AvgIpc) is 2.72. The van der Waals surface area contributed by atoms with Gasteiger partial charge in [-0.15, -0.1) is 0 Å². The fraction of sp³-hybridized carbons (Fsp3) is 0.364. The average molecular weight is 223 g/mol. The Balaban J connectivity index is 1.94. The summed E-state index contributed by atoms with van der Waals surface area (Å²) in [7, 11) is 0. The molecule has 0 atom stereocenters. The van der Waals surface area contributed by atoms with E-state index in [1.807, 2.05) is 6.07 Å². The quantitative estimate of drug-likeness (QED) is 0.532. The monoisotopic (exact) mass is 223 g/mol. The van der Waals surface area contributed by atoms with E-state index in [0.717, 1.165) is 17.4 Å². The third kappa shape index (κ3) is 2.49. The molecule has 0 radical (unpaired) electrons. The molecule has 1 fully saturated rings. The van der Waals surface area contributed by atoms with Gasteiger partial charge >= 0.3 is 0 Å². The molecule has 74 valence electrons. The van der Waals surface area contributed by atoms with Crippen LogP contribution in [0, 0.1) is 0 Å². The molecule has 0 bridgehead atoms. The summed E-state index contributed by atoms with van der Waals surface area (Å²) >= 11 is 7.08. The number of thioether (sulfide) groups is 1. The van der Waals surface area contributed by atoms with E-state index in [1.165, 1.54) is 17.7 Å². The number of hydrogen-bond donors (Lipinski definition) is 0. The predicted octanol–water partition coefficient (Wildman–Crippen LogP) is 3.16. The van der Waals surface area contributed by atoms with E-state index in [9.17, 15) is 0 Å². The molecule has 1 aliphatic rings. The molecular formula is C11H13NS2. The van der Waals surface area contributed by atoms with Crippen molar-refractivity contribution in [2.45, 2.75) is 17.7 Å². The second-order valence-electron chi connectivity index (χ2n) is 3.38. The van der Waals surface area contributed by atoms with Crippen molar-refractivity contribution < 1.29 is 0 Å². The zero-order valence-electron chi connectivity index (χ0n) is 7.98. The van der Waals surface area contributed by atoms with Gasteiger partial charge < -0.3 is 4.90 Å². The molecule has 1 heterocycles. The SMILES string of the molecule is S=C(Sc1ccccc1)N1CCCC1. The zero-order chi connectivity index (χ0) is 9.80. The van der Waals surface area contributed by atoms with Gasteiger partial charge in [-0.05, 0) is 25.0 Å². The third-order valence-electron chi connectivity index (χ3n) is 2.31. The minimum Gasteiger partial charge on any atom is -0.357 e. The van der Waals surface area contributed by atoms with E-state index in [-0.39, 0.29) is 0 Å². The largest absolute Gasteiger partial charge is 0.357 e. The standard InChI is InChI=1S/C11H13NS2/c13-11(12-8-4-5-9-12)14-10-6-2-1-3-7-10/h1-3,6-7H,4-5,8-9H2.